The van der Waals surface area contributed by atoms with Crippen LogP contribution in [0.2, 0.25) is 0 Å². The molecule has 0 heterocycles. The molecule has 6 nitrogen and oxygen atoms in total. The van der Waals surface area contributed by atoms with E-state index in [0.717, 1.165) is 18.2 Å². The molecule has 0 saturated carbocycles. The molecule has 0 aliphatic rings. The van der Waals surface area contributed by atoms with Crippen molar-refractivity contribution in [2.24, 2.45) is 0 Å². The van der Waals surface area contributed by atoms with Crippen LogP contribution in [-0.2, 0) is 4.79 Å². The van der Waals surface area contributed by atoms with Gasteiger partial charge in [-0.25, -0.2) is 4.39 Å². The van der Waals surface area contributed by atoms with Gasteiger partial charge >= 0.3 is 5.69 Å². The summed E-state index contributed by atoms with van der Waals surface area (Å²) in [6.07, 6.45) is 0. The lowest BCUT2D eigenvalue weighted by atomic mass is 10.3. The van der Waals surface area contributed by atoms with Crippen LogP contribution in [0, 0.1) is 15.9 Å². The van der Waals surface area contributed by atoms with Crippen molar-refractivity contribution in [3.05, 3.63) is 34.1 Å². The van der Waals surface area contributed by atoms with E-state index in [1.54, 1.807) is 7.05 Å². The highest BCUT2D eigenvalue weighted by molar-refractivity contribution is 5.77. The second-order valence-electron chi connectivity index (χ2n) is 4.26. The van der Waals surface area contributed by atoms with Gasteiger partial charge in [-0.05, 0) is 19.9 Å². The van der Waals surface area contributed by atoms with Gasteiger partial charge in [-0.1, -0.05) is 0 Å². The Morgan fingerprint density at radius 3 is 2.68 bits per heavy atom. The van der Waals surface area contributed by atoms with Crippen molar-refractivity contribution in [1.29, 1.82) is 0 Å². The van der Waals surface area contributed by atoms with Crippen LogP contribution < -0.4 is 4.74 Å². The average molecular weight is 270 g/mol. The van der Waals surface area contributed by atoms with Crippen LogP contribution in [0.25, 0.3) is 0 Å². The third-order valence-corrected chi connectivity index (χ3v) is 2.64. The molecule has 1 aromatic carbocycles. The average Bonchev–Trinajstić information content (AvgIpc) is 2.34. The standard InChI is InChI=1S/C12H15FN2O4/c1-8(2)14(3)12(16)7-19-11-6-9(13)4-5-10(11)15(17)18/h4-6,8H,7H2,1-3H3. The van der Waals surface area contributed by atoms with Crippen molar-refractivity contribution in [3.8, 4) is 5.75 Å². The van der Waals surface area contributed by atoms with Crippen molar-refractivity contribution < 1.29 is 18.8 Å². The number of amides is 1. The molecule has 0 radical (unpaired) electrons. The summed E-state index contributed by atoms with van der Waals surface area (Å²) in [6, 6.07) is 2.84. The summed E-state index contributed by atoms with van der Waals surface area (Å²) < 4.78 is 18.1. The van der Waals surface area contributed by atoms with Crippen LogP contribution >= 0.6 is 0 Å². The molecule has 7 heteroatoms. The molecule has 0 spiro atoms. The number of halogens is 1. The zero-order chi connectivity index (χ0) is 14.6. The Balaban J connectivity index is 2.80. The van der Waals surface area contributed by atoms with Crippen LogP contribution in [0.4, 0.5) is 10.1 Å². The number of nitrogens with zero attached hydrogens (tertiary/aromatic N) is 2. The molecule has 0 aromatic heterocycles. The Morgan fingerprint density at radius 1 is 1.53 bits per heavy atom. The van der Waals surface area contributed by atoms with Gasteiger partial charge in [0.15, 0.2) is 6.61 Å². The van der Waals surface area contributed by atoms with Gasteiger partial charge < -0.3 is 9.64 Å². The molecular weight excluding hydrogens is 255 g/mol. The topological polar surface area (TPSA) is 72.7 Å². The van der Waals surface area contributed by atoms with Crippen molar-refractivity contribution in [1.82, 2.24) is 4.90 Å². The summed E-state index contributed by atoms with van der Waals surface area (Å²) in [6.45, 7) is 3.27. The molecule has 0 fully saturated rings. The van der Waals surface area contributed by atoms with Crippen LogP contribution in [0.15, 0.2) is 18.2 Å². The summed E-state index contributed by atoms with van der Waals surface area (Å²) in [4.78, 5) is 23.1. The van der Waals surface area contributed by atoms with E-state index in [1.165, 1.54) is 4.90 Å². The SMILES string of the molecule is CC(C)N(C)C(=O)COc1cc(F)ccc1[N+](=O)[O-]. The molecule has 104 valence electrons. The van der Waals surface area contributed by atoms with Crippen molar-refractivity contribution in [2.75, 3.05) is 13.7 Å². The minimum absolute atomic E-state index is 0.0152. The maximum atomic E-state index is 13.0. The molecule has 0 aliphatic carbocycles. The van der Waals surface area contributed by atoms with E-state index in [4.69, 9.17) is 4.74 Å². The lowest BCUT2D eigenvalue weighted by molar-refractivity contribution is -0.385. The van der Waals surface area contributed by atoms with E-state index in [-0.39, 0.29) is 30.0 Å². The zero-order valence-corrected chi connectivity index (χ0v) is 10.9. The number of benzene rings is 1. The molecule has 19 heavy (non-hydrogen) atoms. The van der Waals surface area contributed by atoms with E-state index < -0.39 is 10.7 Å². The Morgan fingerprint density at radius 2 is 2.16 bits per heavy atom. The first-order valence-corrected chi connectivity index (χ1v) is 5.65. The first kappa shape index (κ1) is 14.9. The van der Waals surface area contributed by atoms with E-state index in [1.807, 2.05) is 13.8 Å². The number of hydrogen-bond donors (Lipinski definition) is 0. The van der Waals surface area contributed by atoms with E-state index in [2.05, 4.69) is 0 Å². The maximum Gasteiger partial charge on any atom is 0.311 e. The van der Waals surface area contributed by atoms with Crippen LogP contribution in [0.1, 0.15) is 13.8 Å². The summed E-state index contributed by atoms with van der Waals surface area (Å²) >= 11 is 0. The number of ether oxygens (including phenoxy) is 1. The fourth-order valence-electron chi connectivity index (χ4n) is 1.28. The normalized spacial score (nSPS) is 10.4. The molecule has 1 amide bonds. The van der Waals surface area contributed by atoms with Gasteiger partial charge in [0.1, 0.15) is 5.82 Å². The molecule has 0 N–H and O–H groups in total. The minimum Gasteiger partial charge on any atom is -0.477 e. The third kappa shape index (κ3) is 3.90. The van der Waals surface area contributed by atoms with Crippen LogP contribution in [0.3, 0.4) is 0 Å². The largest absolute Gasteiger partial charge is 0.477 e. The Bertz CT molecular complexity index is 491. The fraction of sp³-hybridized carbons (Fsp3) is 0.417. The third-order valence-electron chi connectivity index (χ3n) is 2.64. The van der Waals surface area contributed by atoms with Gasteiger partial charge in [-0.3, -0.25) is 14.9 Å². The highest BCUT2D eigenvalue weighted by Gasteiger charge is 2.18. The second-order valence-corrected chi connectivity index (χ2v) is 4.26. The molecule has 0 aliphatic heterocycles. The molecular formula is C12H15FN2O4. The highest BCUT2D eigenvalue weighted by atomic mass is 19.1. The first-order chi connectivity index (χ1) is 8.82. The zero-order valence-electron chi connectivity index (χ0n) is 10.9. The number of rotatable bonds is 5. The summed E-state index contributed by atoms with van der Waals surface area (Å²) in [5.74, 6) is -1.26. The number of nitro benzene ring substituents is 1. The Kier molecular flexibility index (Phi) is 4.80. The number of carbonyl (C=O) groups excluding carboxylic acids is 1. The van der Waals surface area contributed by atoms with Gasteiger partial charge in [0.2, 0.25) is 5.75 Å². The quantitative estimate of drug-likeness (QED) is 0.605. The predicted octanol–water partition coefficient (Wildman–Crippen LogP) is 1.98. The van der Waals surface area contributed by atoms with Crippen molar-refractivity contribution >= 4 is 11.6 Å². The van der Waals surface area contributed by atoms with Crippen molar-refractivity contribution in [3.63, 3.8) is 0 Å². The molecule has 0 unspecified atom stereocenters. The van der Waals surface area contributed by atoms with E-state index in [9.17, 15) is 19.3 Å². The summed E-state index contributed by atoms with van der Waals surface area (Å²) in [5.41, 5.74) is -0.374. The summed E-state index contributed by atoms with van der Waals surface area (Å²) in [5, 5.41) is 10.7. The molecule has 0 saturated heterocycles. The summed E-state index contributed by atoms with van der Waals surface area (Å²) in [7, 11) is 1.59. The molecule has 0 bridgehead atoms. The second kappa shape index (κ2) is 6.12. The predicted molar refractivity (Wildman–Crippen MR) is 66.5 cm³/mol. The van der Waals surface area contributed by atoms with Gasteiger partial charge in [0.25, 0.3) is 5.91 Å². The smallest absolute Gasteiger partial charge is 0.311 e. The highest BCUT2D eigenvalue weighted by Crippen LogP contribution is 2.27. The van der Waals surface area contributed by atoms with Crippen LogP contribution in [0.5, 0.6) is 5.75 Å². The minimum atomic E-state index is -0.689. The maximum absolute atomic E-state index is 13.0. The Hall–Kier alpha value is -2.18. The monoisotopic (exact) mass is 270 g/mol. The van der Waals surface area contributed by atoms with Gasteiger partial charge in [-0.15, -0.1) is 0 Å². The van der Waals surface area contributed by atoms with Crippen molar-refractivity contribution in [2.45, 2.75) is 19.9 Å². The molecule has 0 atom stereocenters. The van der Waals surface area contributed by atoms with E-state index in [0.29, 0.717) is 0 Å². The van der Waals surface area contributed by atoms with Gasteiger partial charge in [-0.2, -0.15) is 0 Å². The number of nitro groups is 1. The van der Waals surface area contributed by atoms with Gasteiger partial charge in [0, 0.05) is 25.2 Å². The lowest BCUT2D eigenvalue weighted by Gasteiger charge is -2.21. The Labute approximate surface area is 109 Å². The molecule has 1 aromatic rings. The first-order valence-electron chi connectivity index (χ1n) is 5.65. The van der Waals surface area contributed by atoms with Gasteiger partial charge in [0.05, 0.1) is 4.92 Å². The number of carbonyl (C=O) groups is 1. The van der Waals surface area contributed by atoms with E-state index >= 15 is 0 Å². The lowest BCUT2D eigenvalue weighted by Crippen LogP contribution is -2.36. The fourth-order valence-corrected chi connectivity index (χ4v) is 1.28. The number of hydrogen-bond acceptors (Lipinski definition) is 4. The molecule has 1 rings (SSSR count). The number of likely N-dealkylation sites (N-methyl/N-ethyl adjacent to an activating group) is 1. The van der Waals surface area contributed by atoms with Crippen LogP contribution in [-0.4, -0.2) is 35.4 Å².